The minimum Gasteiger partial charge on any atom is -0.339 e. The van der Waals surface area contributed by atoms with E-state index in [0.29, 0.717) is 30.0 Å². The summed E-state index contributed by atoms with van der Waals surface area (Å²) in [5, 5.41) is 2.77. The van der Waals surface area contributed by atoms with Gasteiger partial charge in [0.1, 0.15) is 6.54 Å². The Balaban J connectivity index is 1.63. The molecule has 8 heteroatoms. The molecular formula is C27H29N3O4S. The monoisotopic (exact) mass is 491 g/mol. The third kappa shape index (κ3) is 5.54. The highest BCUT2D eigenvalue weighted by molar-refractivity contribution is 7.92. The van der Waals surface area contributed by atoms with Crippen LogP contribution in [0.25, 0.3) is 0 Å². The molecule has 3 aromatic carbocycles. The highest BCUT2D eigenvalue weighted by Crippen LogP contribution is 2.26. The van der Waals surface area contributed by atoms with Crippen LogP contribution >= 0.6 is 0 Å². The molecule has 3 aromatic rings. The van der Waals surface area contributed by atoms with E-state index in [4.69, 9.17) is 0 Å². The van der Waals surface area contributed by atoms with Crippen LogP contribution in [-0.2, 0) is 14.8 Å². The number of amides is 2. The van der Waals surface area contributed by atoms with Crippen LogP contribution in [0.2, 0.25) is 0 Å². The number of nitrogens with one attached hydrogen (secondary N) is 1. The van der Waals surface area contributed by atoms with E-state index in [9.17, 15) is 18.0 Å². The molecule has 0 aliphatic carbocycles. The van der Waals surface area contributed by atoms with Crippen molar-refractivity contribution in [2.24, 2.45) is 0 Å². The summed E-state index contributed by atoms with van der Waals surface area (Å²) in [5.74, 6) is -0.676. The molecule has 0 aromatic heterocycles. The third-order valence-corrected chi connectivity index (χ3v) is 7.80. The van der Waals surface area contributed by atoms with Crippen LogP contribution in [0.4, 0.5) is 11.4 Å². The van der Waals surface area contributed by atoms with Gasteiger partial charge in [0, 0.05) is 13.1 Å². The number of benzene rings is 3. The maximum atomic E-state index is 13.6. The van der Waals surface area contributed by atoms with Gasteiger partial charge in [0.25, 0.3) is 15.9 Å². The maximum absolute atomic E-state index is 13.6. The molecule has 1 fully saturated rings. The summed E-state index contributed by atoms with van der Waals surface area (Å²) in [4.78, 5) is 28.0. The molecule has 2 amide bonds. The van der Waals surface area contributed by atoms with Gasteiger partial charge in [0.05, 0.1) is 21.8 Å². The molecule has 4 rings (SSSR count). The van der Waals surface area contributed by atoms with Crippen LogP contribution in [0, 0.1) is 13.8 Å². The van der Waals surface area contributed by atoms with Gasteiger partial charge in [-0.1, -0.05) is 42.0 Å². The first-order chi connectivity index (χ1) is 16.8. The number of aryl methyl sites for hydroxylation is 2. The van der Waals surface area contributed by atoms with Crippen molar-refractivity contribution < 1.29 is 18.0 Å². The van der Waals surface area contributed by atoms with E-state index in [1.165, 1.54) is 12.1 Å². The molecule has 0 bridgehead atoms. The van der Waals surface area contributed by atoms with Crippen LogP contribution in [0.5, 0.6) is 0 Å². The Morgan fingerprint density at radius 3 is 2.26 bits per heavy atom. The predicted molar refractivity (Wildman–Crippen MR) is 137 cm³/mol. The van der Waals surface area contributed by atoms with Crippen LogP contribution in [0.15, 0.2) is 77.7 Å². The summed E-state index contributed by atoms with van der Waals surface area (Å²) >= 11 is 0. The Morgan fingerprint density at radius 2 is 1.57 bits per heavy atom. The molecule has 182 valence electrons. The van der Waals surface area contributed by atoms with Gasteiger partial charge in [-0.15, -0.1) is 0 Å². The summed E-state index contributed by atoms with van der Waals surface area (Å²) in [7, 11) is -4.02. The van der Waals surface area contributed by atoms with E-state index in [1.807, 2.05) is 19.9 Å². The van der Waals surface area contributed by atoms with Crippen molar-refractivity contribution in [2.45, 2.75) is 31.6 Å². The zero-order valence-corrected chi connectivity index (χ0v) is 20.7. The number of para-hydroxylation sites is 1. The Hall–Kier alpha value is -3.65. The van der Waals surface area contributed by atoms with Crippen LogP contribution in [-0.4, -0.2) is 44.8 Å². The number of nitrogens with zero attached hydrogens (tertiary/aromatic N) is 2. The highest BCUT2D eigenvalue weighted by atomic mass is 32.2. The first-order valence-electron chi connectivity index (χ1n) is 11.6. The smallest absolute Gasteiger partial charge is 0.264 e. The number of hydrogen-bond acceptors (Lipinski definition) is 4. The van der Waals surface area contributed by atoms with E-state index < -0.39 is 22.5 Å². The average molecular weight is 492 g/mol. The topological polar surface area (TPSA) is 86.8 Å². The third-order valence-electron chi connectivity index (χ3n) is 6.01. The molecular weight excluding hydrogens is 462 g/mol. The number of sulfonamides is 1. The van der Waals surface area contributed by atoms with Crippen LogP contribution < -0.4 is 9.62 Å². The van der Waals surface area contributed by atoms with Gasteiger partial charge in [0.2, 0.25) is 5.91 Å². The summed E-state index contributed by atoms with van der Waals surface area (Å²) < 4.78 is 28.3. The van der Waals surface area contributed by atoms with Gasteiger partial charge in [-0.3, -0.25) is 13.9 Å². The second-order valence-electron chi connectivity index (χ2n) is 8.76. The first-order valence-corrected chi connectivity index (χ1v) is 13.0. The fourth-order valence-corrected chi connectivity index (χ4v) is 5.54. The highest BCUT2D eigenvalue weighted by Gasteiger charge is 2.28. The largest absolute Gasteiger partial charge is 0.339 e. The predicted octanol–water partition coefficient (Wildman–Crippen LogP) is 4.37. The van der Waals surface area contributed by atoms with Crippen LogP contribution in [0.1, 0.15) is 34.3 Å². The lowest BCUT2D eigenvalue weighted by molar-refractivity contribution is -0.114. The molecule has 0 radical (unpaired) electrons. The lowest BCUT2D eigenvalue weighted by Crippen LogP contribution is -2.38. The van der Waals surface area contributed by atoms with Crippen molar-refractivity contribution in [1.29, 1.82) is 0 Å². The summed E-state index contributed by atoms with van der Waals surface area (Å²) in [6, 6.07) is 20.3. The van der Waals surface area contributed by atoms with Gasteiger partial charge < -0.3 is 10.2 Å². The molecule has 0 atom stereocenters. The van der Waals surface area contributed by atoms with Crippen molar-refractivity contribution in [3.63, 3.8) is 0 Å². The van der Waals surface area contributed by atoms with Crippen molar-refractivity contribution in [1.82, 2.24) is 4.90 Å². The molecule has 35 heavy (non-hydrogen) atoms. The number of carbonyl (C=O) groups excluding carboxylic acids is 2. The van der Waals surface area contributed by atoms with Gasteiger partial charge >= 0.3 is 0 Å². The number of anilines is 2. The second-order valence-corrected chi connectivity index (χ2v) is 10.6. The lowest BCUT2D eigenvalue weighted by atomic mass is 10.1. The SMILES string of the molecule is Cc1ccc(S(=O)(=O)N(CC(=O)Nc2ccccc2C(=O)N2CCCC2)c2cccc(C)c2)cc1. The molecule has 1 aliphatic rings. The molecule has 0 saturated carbocycles. The van der Waals surface area contributed by atoms with E-state index in [0.717, 1.165) is 28.3 Å². The average Bonchev–Trinajstić information content (AvgIpc) is 3.38. The summed E-state index contributed by atoms with van der Waals surface area (Å²) in [5.41, 5.74) is 2.95. The van der Waals surface area contributed by atoms with E-state index in [2.05, 4.69) is 5.32 Å². The molecule has 7 nitrogen and oxygen atoms in total. The van der Waals surface area contributed by atoms with Gasteiger partial charge in [-0.25, -0.2) is 8.42 Å². The number of rotatable bonds is 7. The maximum Gasteiger partial charge on any atom is 0.264 e. The van der Waals surface area contributed by atoms with E-state index in [1.54, 1.807) is 59.5 Å². The zero-order valence-electron chi connectivity index (χ0n) is 19.9. The minimum absolute atomic E-state index is 0.0991. The Morgan fingerprint density at radius 1 is 0.886 bits per heavy atom. The number of hydrogen-bond donors (Lipinski definition) is 1. The Bertz CT molecular complexity index is 1330. The molecule has 1 heterocycles. The van der Waals surface area contributed by atoms with Crippen molar-refractivity contribution >= 4 is 33.2 Å². The molecule has 0 unspecified atom stereocenters. The second kappa shape index (κ2) is 10.3. The fraction of sp³-hybridized carbons (Fsp3) is 0.259. The summed E-state index contributed by atoms with van der Waals surface area (Å²) in [6.07, 6.45) is 1.92. The van der Waals surface area contributed by atoms with Crippen molar-refractivity contribution in [3.05, 3.63) is 89.5 Å². The normalized spacial score (nSPS) is 13.5. The quantitative estimate of drug-likeness (QED) is 0.532. The van der Waals surface area contributed by atoms with Crippen molar-refractivity contribution in [3.8, 4) is 0 Å². The molecule has 0 spiro atoms. The number of carbonyl (C=O) groups is 2. The van der Waals surface area contributed by atoms with Crippen LogP contribution in [0.3, 0.4) is 0 Å². The summed E-state index contributed by atoms with van der Waals surface area (Å²) in [6.45, 7) is 4.68. The Labute approximate surface area is 206 Å². The van der Waals surface area contributed by atoms with E-state index >= 15 is 0 Å². The minimum atomic E-state index is -4.02. The van der Waals surface area contributed by atoms with E-state index in [-0.39, 0.29) is 10.8 Å². The Kier molecular flexibility index (Phi) is 7.21. The van der Waals surface area contributed by atoms with Gasteiger partial charge in [-0.05, 0) is 68.7 Å². The molecule has 1 saturated heterocycles. The van der Waals surface area contributed by atoms with Gasteiger partial charge in [-0.2, -0.15) is 0 Å². The lowest BCUT2D eigenvalue weighted by Gasteiger charge is -2.25. The molecule has 1 N–H and O–H groups in total. The zero-order chi connectivity index (χ0) is 25.0. The fourth-order valence-electron chi connectivity index (χ4n) is 4.12. The first kappa shape index (κ1) is 24.5. The van der Waals surface area contributed by atoms with Crippen molar-refractivity contribution in [2.75, 3.05) is 29.3 Å². The van der Waals surface area contributed by atoms with Gasteiger partial charge in [0.15, 0.2) is 0 Å². The standard InChI is InChI=1S/C27H29N3O4S/c1-20-12-14-23(15-13-20)35(33,34)30(22-9-7-8-21(2)18-22)19-26(31)28-25-11-4-3-10-24(25)27(32)29-16-5-6-17-29/h3-4,7-15,18H,5-6,16-17,19H2,1-2H3,(H,28,31). The number of likely N-dealkylation sites (tertiary alicyclic amines) is 1. The molecule has 1 aliphatic heterocycles.